The average Bonchev–Trinajstić information content (AvgIpc) is 2.90. The molecule has 0 spiro atoms. The fourth-order valence-corrected chi connectivity index (χ4v) is 6.12. The zero-order valence-corrected chi connectivity index (χ0v) is 24.1. The largest absolute Gasteiger partial charge is 0.482 e. The highest BCUT2D eigenvalue weighted by Crippen LogP contribution is 2.33. The molecule has 2 aromatic rings. The predicted octanol–water partition coefficient (Wildman–Crippen LogP) is 3.74. The Hall–Kier alpha value is -2.66. The van der Waals surface area contributed by atoms with Crippen LogP contribution in [0.25, 0.3) is 0 Å². The molecule has 0 bridgehead atoms. The van der Waals surface area contributed by atoms with E-state index < -0.39 is 16.2 Å². The molecule has 2 amide bonds. The first-order valence-electron chi connectivity index (χ1n) is 13.5. The summed E-state index contributed by atoms with van der Waals surface area (Å²) < 4.78 is 31.8. The van der Waals surface area contributed by atoms with Gasteiger partial charge in [-0.2, -0.15) is 4.72 Å². The van der Waals surface area contributed by atoms with Gasteiger partial charge >= 0.3 is 0 Å². The Bertz CT molecular complexity index is 1280. The van der Waals surface area contributed by atoms with Gasteiger partial charge in [0.05, 0.1) is 18.1 Å². The van der Waals surface area contributed by atoms with Crippen LogP contribution >= 0.6 is 11.6 Å². The van der Waals surface area contributed by atoms with Crippen molar-refractivity contribution in [3.8, 4) is 5.75 Å². The van der Waals surface area contributed by atoms with Crippen LogP contribution in [0.3, 0.4) is 0 Å². The molecule has 1 atom stereocenters. The number of halogens is 1. The van der Waals surface area contributed by atoms with Crippen LogP contribution in [-0.2, 0) is 14.8 Å². The smallest absolute Gasteiger partial charge is 0.265 e. The minimum absolute atomic E-state index is 0.0389. The number of piperidine rings is 1. The molecule has 2 aliphatic heterocycles. The van der Waals surface area contributed by atoms with E-state index in [4.69, 9.17) is 16.3 Å². The van der Waals surface area contributed by atoms with Gasteiger partial charge in [-0.3, -0.25) is 9.59 Å². The molecule has 9 nitrogen and oxygen atoms in total. The molecule has 1 unspecified atom stereocenters. The van der Waals surface area contributed by atoms with E-state index in [0.29, 0.717) is 23.6 Å². The summed E-state index contributed by atoms with van der Waals surface area (Å²) in [4.78, 5) is 30.0. The van der Waals surface area contributed by atoms with Crippen molar-refractivity contribution < 1.29 is 22.7 Å². The average molecular weight is 577 g/mol. The number of sulfonamides is 1. The molecule has 0 radical (unpaired) electrons. The predicted molar refractivity (Wildman–Crippen MR) is 153 cm³/mol. The first kappa shape index (κ1) is 29.3. The van der Waals surface area contributed by atoms with E-state index in [1.54, 1.807) is 17.0 Å². The van der Waals surface area contributed by atoms with Crippen molar-refractivity contribution in [2.24, 2.45) is 0 Å². The summed E-state index contributed by atoms with van der Waals surface area (Å²) in [7, 11) is -3.49. The van der Waals surface area contributed by atoms with Crippen molar-refractivity contribution >= 4 is 39.1 Å². The summed E-state index contributed by atoms with van der Waals surface area (Å²) >= 11 is 6.27. The number of nitrogens with zero attached hydrogens (tertiary/aromatic N) is 2. The lowest BCUT2D eigenvalue weighted by Crippen LogP contribution is -2.47. The minimum Gasteiger partial charge on any atom is -0.482 e. The monoisotopic (exact) mass is 576 g/mol. The lowest BCUT2D eigenvalue weighted by Gasteiger charge is -2.35. The summed E-state index contributed by atoms with van der Waals surface area (Å²) in [6.45, 7) is 5.08. The lowest BCUT2D eigenvalue weighted by molar-refractivity contribution is -0.121. The third kappa shape index (κ3) is 7.94. The first-order valence-corrected chi connectivity index (χ1v) is 15.7. The Labute approximate surface area is 235 Å². The SMILES string of the molecule is CCCCC(NC(=O)c1cc(Cl)ccc1C1CCN(CCN2C(=O)COc3ccccc32)CC1)NS(C)(=O)=O. The highest BCUT2D eigenvalue weighted by Gasteiger charge is 2.28. The maximum atomic E-state index is 13.3. The standard InChI is InChI=1S/C28H37ClN4O5S/c1-3-4-9-26(31-39(2,36)37)30-28(35)23-18-21(29)10-11-22(23)20-12-14-32(15-13-20)16-17-33-24-7-5-6-8-25(24)38-19-27(33)34/h5-8,10-11,18,20,26,31H,3-4,9,12-17,19H2,1-2H3,(H,30,35). The van der Waals surface area contributed by atoms with Crippen molar-refractivity contribution in [2.45, 2.75) is 51.1 Å². The summed E-state index contributed by atoms with van der Waals surface area (Å²) in [5.74, 6) is 0.523. The molecule has 1 fully saturated rings. The molecule has 2 heterocycles. The molecule has 0 aliphatic carbocycles. The van der Waals surface area contributed by atoms with Crippen molar-refractivity contribution in [3.63, 3.8) is 0 Å². The lowest BCUT2D eigenvalue weighted by atomic mass is 9.86. The Balaban J connectivity index is 1.39. The van der Waals surface area contributed by atoms with Crippen molar-refractivity contribution in [2.75, 3.05) is 43.9 Å². The molecular weight excluding hydrogens is 540 g/mol. The van der Waals surface area contributed by atoms with E-state index in [9.17, 15) is 18.0 Å². The van der Waals surface area contributed by atoms with E-state index in [-0.39, 0.29) is 24.3 Å². The molecule has 4 rings (SSSR count). The van der Waals surface area contributed by atoms with E-state index in [1.807, 2.05) is 37.3 Å². The molecule has 39 heavy (non-hydrogen) atoms. The van der Waals surface area contributed by atoms with Gasteiger partial charge in [0.1, 0.15) is 5.75 Å². The second-order valence-electron chi connectivity index (χ2n) is 10.2. The van der Waals surface area contributed by atoms with Crippen molar-refractivity contribution in [1.29, 1.82) is 0 Å². The number of carbonyl (C=O) groups excluding carboxylic acids is 2. The van der Waals surface area contributed by atoms with Crippen LogP contribution in [0, 0.1) is 0 Å². The Kier molecular flexibility index (Phi) is 9.87. The number of likely N-dealkylation sites (tertiary alicyclic amines) is 1. The molecule has 2 aromatic carbocycles. The van der Waals surface area contributed by atoms with Gasteiger partial charge in [-0.25, -0.2) is 8.42 Å². The van der Waals surface area contributed by atoms with Gasteiger partial charge in [0.25, 0.3) is 11.8 Å². The van der Waals surface area contributed by atoms with Crippen LogP contribution in [-0.4, -0.2) is 70.3 Å². The summed E-state index contributed by atoms with van der Waals surface area (Å²) in [6.07, 6.45) is 4.27. The van der Waals surface area contributed by atoms with Crippen molar-refractivity contribution in [3.05, 3.63) is 58.6 Å². The number of carbonyl (C=O) groups is 2. The first-order chi connectivity index (χ1) is 18.6. The van der Waals surface area contributed by atoms with Gasteiger partial charge in [-0.05, 0) is 68.1 Å². The molecule has 2 aliphatic rings. The normalized spacial score (nSPS) is 17.4. The highest BCUT2D eigenvalue weighted by atomic mass is 35.5. The molecular formula is C28H37ClN4O5S. The molecule has 0 saturated carbocycles. The number of ether oxygens (including phenoxy) is 1. The maximum absolute atomic E-state index is 13.3. The van der Waals surface area contributed by atoms with Crippen LogP contribution in [0.1, 0.15) is 60.9 Å². The number of amides is 2. The number of hydrogen-bond donors (Lipinski definition) is 2. The minimum atomic E-state index is -3.49. The Morgan fingerprint density at radius 1 is 1.15 bits per heavy atom. The number of hydrogen-bond acceptors (Lipinski definition) is 6. The quantitative estimate of drug-likeness (QED) is 0.395. The number of para-hydroxylation sites is 2. The topological polar surface area (TPSA) is 108 Å². The fraction of sp³-hybridized carbons (Fsp3) is 0.500. The number of nitrogens with one attached hydrogen (secondary N) is 2. The van der Waals surface area contributed by atoms with Crippen LogP contribution < -0.4 is 19.7 Å². The number of benzene rings is 2. The van der Waals surface area contributed by atoms with Crippen LogP contribution in [0.2, 0.25) is 5.02 Å². The number of fused-ring (bicyclic) bond motifs is 1. The molecule has 0 aromatic heterocycles. The number of unbranched alkanes of at least 4 members (excludes halogenated alkanes) is 1. The van der Waals surface area contributed by atoms with Crippen LogP contribution in [0.4, 0.5) is 5.69 Å². The van der Waals surface area contributed by atoms with Gasteiger partial charge in [-0.15, -0.1) is 0 Å². The van der Waals surface area contributed by atoms with E-state index in [1.165, 1.54) is 0 Å². The highest BCUT2D eigenvalue weighted by molar-refractivity contribution is 7.88. The van der Waals surface area contributed by atoms with Gasteiger partial charge in [-0.1, -0.05) is 49.6 Å². The van der Waals surface area contributed by atoms with E-state index in [0.717, 1.165) is 68.6 Å². The molecule has 11 heteroatoms. The summed E-state index contributed by atoms with van der Waals surface area (Å²) in [5.41, 5.74) is 2.21. The Morgan fingerprint density at radius 3 is 2.62 bits per heavy atom. The second-order valence-corrected chi connectivity index (χ2v) is 12.4. The third-order valence-electron chi connectivity index (χ3n) is 7.24. The summed E-state index contributed by atoms with van der Waals surface area (Å²) in [5, 5.41) is 3.32. The number of anilines is 1. The zero-order chi connectivity index (χ0) is 28.0. The van der Waals surface area contributed by atoms with Crippen molar-refractivity contribution in [1.82, 2.24) is 14.9 Å². The second kappa shape index (κ2) is 13.1. The summed E-state index contributed by atoms with van der Waals surface area (Å²) in [6, 6.07) is 13.0. The van der Waals surface area contributed by atoms with Gasteiger partial charge in [0.15, 0.2) is 6.61 Å². The molecule has 2 N–H and O–H groups in total. The van der Waals surface area contributed by atoms with Crippen LogP contribution in [0.5, 0.6) is 5.75 Å². The van der Waals surface area contributed by atoms with E-state index in [2.05, 4.69) is 14.9 Å². The third-order valence-corrected chi connectivity index (χ3v) is 8.19. The van der Waals surface area contributed by atoms with Gasteiger partial charge in [0.2, 0.25) is 10.0 Å². The van der Waals surface area contributed by atoms with E-state index >= 15 is 0 Å². The maximum Gasteiger partial charge on any atom is 0.265 e. The number of rotatable bonds is 11. The Morgan fingerprint density at radius 2 is 1.90 bits per heavy atom. The van der Waals surface area contributed by atoms with Gasteiger partial charge in [0, 0.05) is 23.7 Å². The fourth-order valence-electron chi connectivity index (χ4n) is 5.25. The van der Waals surface area contributed by atoms with Crippen LogP contribution in [0.15, 0.2) is 42.5 Å². The molecule has 212 valence electrons. The van der Waals surface area contributed by atoms with Gasteiger partial charge < -0.3 is 19.9 Å². The molecule has 1 saturated heterocycles. The zero-order valence-electron chi connectivity index (χ0n) is 22.5.